The average molecular weight is 561 g/mol. The summed E-state index contributed by atoms with van der Waals surface area (Å²) in [7, 11) is 4.57. The molecule has 1 N–H and O–H groups in total. The number of tetrazole rings is 1. The Morgan fingerprint density at radius 2 is 1.76 bits per heavy atom. The first-order valence-corrected chi connectivity index (χ1v) is 13.3. The molecule has 2 amide bonds. The third kappa shape index (κ3) is 5.86. The summed E-state index contributed by atoms with van der Waals surface area (Å²) in [6.07, 6.45) is 7.83. The molecule has 214 valence electrons. The van der Waals surface area contributed by atoms with E-state index >= 15 is 0 Å². The molecule has 1 saturated carbocycles. The third-order valence-corrected chi connectivity index (χ3v) is 7.17. The monoisotopic (exact) mass is 560 g/mol. The van der Waals surface area contributed by atoms with E-state index < -0.39 is 11.9 Å². The van der Waals surface area contributed by atoms with Crippen LogP contribution in [0.4, 0.5) is 5.69 Å². The van der Waals surface area contributed by atoms with Gasteiger partial charge in [-0.3, -0.25) is 14.5 Å². The van der Waals surface area contributed by atoms with Crippen LogP contribution in [-0.2, 0) is 4.79 Å². The Morgan fingerprint density at radius 3 is 2.41 bits per heavy atom. The Morgan fingerprint density at radius 1 is 0.976 bits per heavy atom. The van der Waals surface area contributed by atoms with Crippen molar-refractivity contribution in [3.05, 3.63) is 72.4 Å². The molecule has 4 aromatic rings. The molecule has 1 aliphatic carbocycles. The van der Waals surface area contributed by atoms with Crippen molar-refractivity contribution in [1.29, 1.82) is 0 Å². The summed E-state index contributed by atoms with van der Waals surface area (Å²) in [5.41, 5.74) is 1.49. The quantitative estimate of drug-likeness (QED) is 0.304. The van der Waals surface area contributed by atoms with Crippen molar-refractivity contribution >= 4 is 17.5 Å². The lowest BCUT2D eigenvalue weighted by molar-refractivity contribution is -0.123. The third-order valence-electron chi connectivity index (χ3n) is 7.17. The summed E-state index contributed by atoms with van der Waals surface area (Å²) in [6.45, 7) is 0. The number of anilines is 1. The van der Waals surface area contributed by atoms with Crippen LogP contribution in [0.15, 0.2) is 65.5 Å². The van der Waals surface area contributed by atoms with E-state index in [9.17, 15) is 9.59 Å². The predicted octanol–water partition coefficient (Wildman–Crippen LogP) is 4.12. The van der Waals surface area contributed by atoms with Crippen molar-refractivity contribution in [2.75, 3.05) is 26.2 Å². The molecule has 41 heavy (non-hydrogen) atoms. The predicted molar refractivity (Wildman–Crippen MR) is 149 cm³/mol. The molecule has 1 fully saturated rings. The van der Waals surface area contributed by atoms with Crippen molar-refractivity contribution in [2.45, 2.75) is 44.2 Å². The highest BCUT2D eigenvalue weighted by molar-refractivity contribution is 6.09. The van der Waals surface area contributed by atoms with Crippen LogP contribution >= 0.6 is 0 Å². The minimum Gasteiger partial charge on any atom is -0.494 e. The zero-order chi connectivity index (χ0) is 28.8. The van der Waals surface area contributed by atoms with Gasteiger partial charge in [-0.25, -0.2) is 0 Å². The number of amides is 2. The molecule has 0 saturated heterocycles. The number of hydrogen-bond acceptors (Lipinski definition) is 9. The molecule has 2 aromatic heterocycles. The SMILES string of the molecule is COc1ccc(C(C(=O)NC2CCCCC2)N(C(=O)c2ccco2)c2ccc(-n3cnnn3)c(OC)c2)cc1OC. The molecule has 5 rings (SSSR count). The Labute approximate surface area is 237 Å². The van der Waals surface area contributed by atoms with Gasteiger partial charge in [-0.1, -0.05) is 25.3 Å². The number of aromatic nitrogens is 4. The molecule has 2 aromatic carbocycles. The van der Waals surface area contributed by atoms with Gasteiger partial charge < -0.3 is 23.9 Å². The van der Waals surface area contributed by atoms with E-state index in [2.05, 4.69) is 20.8 Å². The van der Waals surface area contributed by atoms with Crippen LogP contribution in [-0.4, -0.2) is 59.4 Å². The lowest BCUT2D eigenvalue weighted by Crippen LogP contribution is -2.47. The highest BCUT2D eigenvalue weighted by Gasteiger charge is 2.36. The lowest BCUT2D eigenvalue weighted by atomic mass is 9.94. The number of ether oxygens (including phenoxy) is 3. The number of carbonyl (C=O) groups excluding carboxylic acids is 2. The molecule has 2 heterocycles. The molecule has 1 aliphatic rings. The highest BCUT2D eigenvalue weighted by Crippen LogP contribution is 2.38. The van der Waals surface area contributed by atoms with E-state index in [-0.39, 0.29) is 17.7 Å². The Balaban J connectivity index is 1.65. The van der Waals surface area contributed by atoms with E-state index in [0.717, 1.165) is 32.1 Å². The lowest BCUT2D eigenvalue weighted by Gasteiger charge is -2.33. The van der Waals surface area contributed by atoms with Gasteiger partial charge in [-0.15, -0.1) is 5.10 Å². The number of nitrogens with zero attached hydrogens (tertiary/aromatic N) is 5. The van der Waals surface area contributed by atoms with Crippen LogP contribution in [0.3, 0.4) is 0 Å². The first kappa shape index (κ1) is 27.7. The smallest absolute Gasteiger partial charge is 0.294 e. The van der Waals surface area contributed by atoms with Gasteiger partial charge in [-0.05, 0) is 65.2 Å². The van der Waals surface area contributed by atoms with Gasteiger partial charge in [0.05, 0.1) is 27.6 Å². The topological polar surface area (TPSA) is 134 Å². The summed E-state index contributed by atoms with van der Waals surface area (Å²) >= 11 is 0. The van der Waals surface area contributed by atoms with E-state index in [1.165, 1.54) is 43.5 Å². The van der Waals surface area contributed by atoms with E-state index in [1.54, 1.807) is 48.5 Å². The zero-order valence-electron chi connectivity index (χ0n) is 23.1. The summed E-state index contributed by atoms with van der Waals surface area (Å²) in [5, 5.41) is 14.5. The molecule has 0 radical (unpaired) electrons. The highest BCUT2D eigenvalue weighted by atomic mass is 16.5. The van der Waals surface area contributed by atoms with Crippen molar-refractivity contribution < 1.29 is 28.2 Å². The number of hydrogen-bond donors (Lipinski definition) is 1. The second kappa shape index (κ2) is 12.5. The van der Waals surface area contributed by atoms with Gasteiger partial charge in [0.15, 0.2) is 17.3 Å². The molecule has 1 unspecified atom stereocenters. The number of benzene rings is 2. The van der Waals surface area contributed by atoms with Crippen molar-refractivity contribution in [2.24, 2.45) is 0 Å². The standard InChI is InChI=1S/C29H32N6O6/c1-38-23-14-11-19(16-26(23)40-3)27(28(36)31-20-8-5-4-6-9-20)35(29(37)24-10-7-15-41-24)21-12-13-22(25(17-21)39-2)34-18-30-32-33-34/h7,10-18,20,27H,4-6,8-9H2,1-3H3,(H,31,36). The fraction of sp³-hybridized carbons (Fsp3) is 0.345. The van der Waals surface area contributed by atoms with E-state index in [1.807, 2.05) is 0 Å². The first-order chi connectivity index (χ1) is 20.0. The maximum Gasteiger partial charge on any atom is 0.294 e. The molecule has 1 atom stereocenters. The van der Waals surface area contributed by atoms with Crippen LogP contribution in [0.1, 0.15) is 54.3 Å². The molecule has 12 heteroatoms. The van der Waals surface area contributed by atoms with Crippen LogP contribution in [0, 0.1) is 0 Å². The Bertz CT molecular complexity index is 1470. The van der Waals surface area contributed by atoms with Gasteiger partial charge in [0.2, 0.25) is 5.91 Å². The second-order valence-electron chi connectivity index (χ2n) is 9.62. The van der Waals surface area contributed by atoms with Gasteiger partial charge in [0, 0.05) is 17.8 Å². The van der Waals surface area contributed by atoms with Crippen LogP contribution < -0.4 is 24.4 Å². The van der Waals surface area contributed by atoms with Gasteiger partial charge in [0.1, 0.15) is 23.8 Å². The van der Waals surface area contributed by atoms with Crippen LogP contribution in [0.25, 0.3) is 5.69 Å². The van der Waals surface area contributed by atoms with Gasteiger partial charge >= 0.3 is 0 Å². The van der Waals surface area contributed by atoms with E-state index in [4.69, 9.17) is 18.6 Å². The molecular weight excluding hydrogens is 528 g/mol. The maximum atomic E-state index is 14.2. The van der Waals surface area contributed by atoms with Crippen LogP contribution in [0.5, 0.6) is 17.2 Å². The summed E-state index contributed by atoms with van der Waals surface area (Å²) in [6, 6.07) is 12.4. The summed E-state index contributed by atoms with van der Waals surface area (Å²) in [5.74, 6) is 0.560. The van der Waals surface area contributed by atoms with Crippen molar-refractivity contribution in [3.63, 3.8) is 0 Å². The largest absolute Gasteiger partial charge is 0.494 e. The van der Waals surface area contributed by atoms with Gasteiger partial charge in [-0.2, -0.15) is 4.68 Å². The molecule has 12 nitrogen and oxygen atoms in total. The molecule has 0 bridgehead atoms. The minimum atomic E-state index is -1.09. The number of rotatable bonds is 10. The normalized spacial score (nSPS) is 14.2. The maximum absolute atomic E-state index is 14.2. The summed E-state index contributed by atoms with van der Waals surface area (Å²) < 4.78 is 23.6. The number of carbonyl (C=O) groups is 2. The fourth-order valence-corrected chi connectivity index (χ4v) is 5.15. The Kier molecular flexibility index (Phi) is 8.47. The number of methoxy groups -OCH3 is 3. The summed E-state index contributed by atoms with van der Waals surface area (Å²) in [4.78, 5) is 29.7. The zero-order valence-corrected chi connectivity index (χ0v) is 23.1. The van der Waals surface area contributed by atoms with Crippen LogP contribution in [0.2, 0.25) is 0 Å². The van der Waals surface area contributed by atoms with Crippen molar-refractivity contribution in [1.82, 2.24) is 25.5 Å². The number of nitrogens with one attached hydrogen (secondary N) is 1. The first-order valence-electron chi connectivity index (χ1n) is 13.3. The molecule has 0 aliphatic heterocycles. The minimum absolute atomic E-state index is 0.0104. The molecular formula is C29H32N6O6. The Hall–Kier alpha value is -4.87. The van der Waals surface area contributed by atoms with Crippen molar-refractivity contribution in [3.8, 4) is 22.9 Å². The second-order valence-corrected chi connectivity index (χ2v) is 9.62. The molecule has 0 spiro atoms. The average Bonchev–Trinajstić information content (AvgIpc) is 3.75. The van der Waals surface area contributed by atoms with Gasteiger partial charge in [0.25, 0.3) is 5.91 Å². The fourth-order valence-electron chi connectivity index (χ4n) is 5.15. The van der Waals surface area contributed by atoms with E-state index in [0.29, 0.717) is 34.2 Å². The number of furan rings is 1.